The molecule has 0 fully saturated rings. The number of hydrogen-bond acceptors (Lipinski definition) is 4. The molecule has 176 valence electrons. The minimum absolute atomic E-state index is 0.173. The normalized spacial score (nSPS) is 12.8. The maximum Gasteiger partial charge on any atom is 0.326 e. The number of hydrogen-bond donors (Lipinski definition) is 4. The van der Waals surface area contributed by atoms with Crippen molar-refractivity contribution in [3.05, 3.63) is 71.8 Å². The highest BCUT2D eigenvalue weighted by molar-refractivity contribution is 6.05. The molecule has 0 aromatic heterocycles. The Hall–Kier alpha value is -3.68. The number of carboxylic acids is 1. The first-order chi connectivity index (χ1) is 15.6. The first-order valence-electron chi connectivity index (χ1n) is 10.8. The van der Waals surface area contributed by atoms with Gasteiger partial charge in [-0.15, -0.1) is 0 Å². The average molecular weight is 453 g/mol. The van der Waals surface area contributed by atoms with Crippen LogP contribution in [0.3, 0.4) is 0 Å². The van der Waals surface area contributed by atoms with Gasteiger partial charge < -0.3 is 21.5 Å². The molecule has 2 aromatic rings. The number of carbonyl (C=O) groups excluding carboxylic acids is 2. The van der Waals surface area contributed by atoms with Crippen molar-refractivity contribution in [2.24, 2.45) is 16.1 Å². The molecule has 1 unspecified atom stereocenters. The monoisotopic (exact) mass is 452 g/mol. The summed E-state index contributed by atoms with van der Waals surface area (Å²) in [5.74, 6) is -1.93. The van der Waals surface area contributed by atoms with E-state index < -0.39 is 35.3 Å². The van der Waals surface area contributed by atoms with Crippen molar-refractivity contribution in [2.45, 2.75) is 45.7 Å². The van der Waals surface area contributed by atoms with Gasteiger partial charge in [-0.05, 0) is 44.7 Å². The smallest absolute Gasteiger partial charge is 0.326 e. The van der Waals surface area contributed by atoms with Crippen molar-refractivity contribution < 1.29 is 19.5 Å². The predicted octanol–water partition coefficient (Wildman–Crippen LogP) is 2.65. The second-order valence-corrected chi connectivity index (χ2v) is 8.38. The van der Waals surface area contributed by atoms with Crippen LogP contribution >= 0.6 is 0 Å². The Balaban J connectivity index is 2.14. The molecule has 8 heteroatoms. The number of nitrogens with one attached hydrogen (secondary N) is 2. The zero-order valence-electron chi connectivity index (χ0n) is 19.2. The van der Waals surface area contributed by atoms with Crippen molar-refractivity contribution in [3.63, 3.8) is 0 Å². The predicted molar refractivity (Wildman–Crippen MR) is 128 cm³/mol. The third-order valence-corrected chi connectivity index (χ3v) is 5.29. The molecule has 0 bridgehead atoms. The SMILES string of the molecule is CC(N)=NCCCC(NC(=O)C(C)(C)C(=O)NC(c1ccccc1)c1ccccc1)C(=O)O. The molecule has 0 aliphatic carbocycles. The standard InChI is InChI=1S/C25H32N4O4/c1-17(26)27-16-10-15-20(22(30)31)28-23(32)25(2,3)24(33)29-21(18-11-6-4-7-12-18)19-13-8-5-9-14-19/h4-9,11-14,20-21H,10,15-16H2,1-3H3,(H2,26,27)(H,28,32)(H,29,33)(H,30,31). The van der Waals surface area contributed by atoms with E-state index in [1.807, 2.05) is 60.7 Å². The van der Waals surface area contributed by atoms with Gasteiger partial charge in [-0.1, -0.05) is 60.7 Å². The minimum Gasteiger partial charge on any atom is -0.480 e. The molecule has 0 heterocycles. The van der Waals surface area contributed by atoms with E-state index in [0.717, 1.165) is 11.1 Å². The van der Waals surface area contributed by atoms with Gasteiger partial charge in [0.1, 0.15) is 11.5 Å². The van der Waals surface area contributed by atoms with E-state index >= 15 is 0 Å². The fraction of sp³-hybridized carbons (Fsp3) is 0.360. The lowest BCUT2D eigenvalue weighted by atomic mass is 9.88. The molecule has 0 saturated carbocycles. The number of nitrogens with zero attached hydrogens (tertiary/aromatic N) is 1. The van der Waals surface area contributed by atoms with E-state index in [4.69, 9.17) is 5.73 Å². The second-order valence-electron chi connectivity index (χ2n) is 8.38. The number of aliphatic imine (C=N–C) groups is 1. The van der Waals surface area contributed by atoms with Gasteiger partial charge in [0.25, 0.3) is 0 Å². The van der Waals surface area contributed by atoms with Crippen LogP contribution in [0.5, 0.6) is 0 Å². The van der Waals surface area contributed by atoms with Gasteiger partial charge >= 0.3 is 5.97 Å². The van der Waals surface area contributed by atoms with Crippen LogP contribution in [0, 0.1) is 5.41 Å². The van der Waals surface area contributed by atoms with Crippen molar-refractivity contribution in [2.75, 3.05) is 6.54 Å². The summed E-state index contributed by atoms with van der Waals surface area (Å²) in [5.41, 5.74) is 5.72. The summed E-state index contributed by atoms with van der Waals surface area (Å²) in [6.45, 7) is 4.97. The number of nitrogens with two attached hydrogens (primary N) is 1. The molecular weight excluding hydrogens is 420 g/mol. The Morgan fingerprint density at radius 1 is 0.939 bits per heavy atom. The molecule has 0 spiro atoms. The summed E-state index contributed by atoms with van der Waals surface area (Å²) in [7, 11) is 0. The zero-order chi connectivity index (χ0) is 24.4. The topological polar surface area (TPSA) is 134 Å². The van der Waals surface area contributed by atoms with Crippen LogP contribution in [-0.2, 0) is 14.4 Å². The Kier molecular flexibility index (Phi) is 9.15. The first-order valence-corrected chi connectivity index (χ1v) is 10.8. The number of aliphatic carboxylic acids is 1. The van der Waals surface area contributed by atoms with E-state index in [1.54, 1.807) is 6.92 Å². The fourth-order valence-corrected chi connectivity index (χ4v) is 3.21. The van der Waals surface area contributed by atoms with Crippen molar-refractivity contribution >= 4 is 23.6 Å². The molecule has 5 N–H and O–H groups in total. The van der Waals surface area contributed by atoms with Crippen LogP contribution in [0.1, 0.15) is 50.8 Å². The van der Waals surface area contributed by atoms with Gasteiger partial charge in [-0.25, -0.2) is 4.79 Å². The van der Waals surface area contributed by atoms with Crippen LogP contribution in [0.4, 0.5) is 0 Å². The molecule has 0 radical (unpaired) electrons. The van der Waals surface area contributed by atoms with Crippen LogP contribution < -0.4 is 16.4 Å². The van der Waals surface area contributed by atoms with Gasteiger partial charge in [0.05, 0.1) is 11.9 Å². The number of amidine groups is 1. The van der Waals surface area contributed by atoms with Crippen LogP contribution in [0.25, 0.3) is 0 Å². The summed E-state index contributed by atoms with van der Waals surface area (Å²) < 4.78 is 0. The maximum absolute atomic E-state index is 13.2. The highest BCUT2D eigenvalue weighted by Gasteiger charge is 2.39. The largest absolute Gasteiger partial charge is 0.480 e. The first kappa shape index (κ1) is 25.6. The molecule has 0 saturated heterocycles. The zero-order valence-corrected chi connectivity index (χ0v) is 19.2. The summed E-state index contributed by atoms with van der Waals surface area (Å²) in [6.07, 6.45) is 0.606. The summed E-state index contributed by atoms with van der Waals surface area (Å²) in [5, 5.41) is 15.0. The maximum atomic E-state index is 13.2. The van der Waals surface area contributed by atoms with Gasteiger partial charge in [-0.2, -0.15) is 0 Å². The van der Waals surface area contributed by atoms with Crippen molar-refractivity contribution in [1.82, 2.24) is 10.6 Å². The molecule has 33 heavy (non-hydrogen) atoms. The fourth-order valence-electron chi connectivity index (χ4n) is 3.21. The Morgan fingerprint density at radius 3 is 1.88 bits per heavy atom. The highest BCUT2D eigenvalue weighted by Crippen LogP contribution is 2.25. The number of rotatable bonds is 11. The summed E-state index contributed by atoms with van der Waals surface area (Å²) in [4.78, 5) is 41.8. The summed E-state index contributed by atoms with van der Waals surface area (Å²) in [6, 6.07) is 17.3. The molecule has 8 nitrogen and oxygen atoms in total. The van der Waals surface area contributed by atoms with Gasteiger partial charge in [0.15, 0.2) is 0 Å². The lowest BCUT2D eigenvalue weighted by molar-refractivity contribution is -0.147. The number of benzene rings is 2. The third-order valence-electron chi connectivity index (χ3n) is 5.29. The van der Waals surface area contributed by atoms with E-state index in [2.05, 4.69) is 15.6 Å². The number of carboxylic acid groups (broad SMARTS) is 1. The summed E-state index contributed by atoms with van der Waals surface area (Å²) >= 11 is 0. The van der Waals surface area contributed by atoms with Crippen molar-refractivity contribution in [1.29, 1.82) is 0 Å². The lowest BCUT2D eigenvalue weighted by Crippen LogP contribution is -2.52. The average Bonchev–Trinajstić information content (AvgIpc) is 2.79. The second kappa shape index (κ2) is 11.8. The minimum atomic E-state index is -1.50. The number of amides is 2. The third kappa shape index (κ3) is 7.45. The van der Waals surface area contributed by atoms with Crippen LogP contribution in [-0.4, -0.2) is 41.3 Å². The Labute approximate surface area is 194 Å². The van der Waals surface area contributed by atoms with E-state index in [0.29, 0.717) is 18.8 Å². The number of carbonyl (C=O) groups is 3. The Morgan fingerprint density at radius 2 is 1.42 bits per heavy atom. The van der Waals surface area contributed by atoms with Crippen molar-refractivity contribution in [3.8, 4) is 0 Å². The van der Waals surface area contributed by atoms with Gasteiger partial charge in [-0.3, -0.25) is 14.6 Å². The van der Waals surface area contributed by atoms with Gasteiger partial charge in [0.2, 0.25) is 11.8 Å². The van der Waals surface area contributed by atoms with Crippen LogP contribution in [0.15, 0.2) is 65.7 Å². The molecular formula is C25H32N4O4. The molecule has 2 aromatic carbocycles. The highest BCUT2D eigenvalue weighted by atomic mass is 16.4. The van der Waals surface area contributed by atoms with E-state index in [1.165, 1.54) is 13.8 Å². The lowest BCUT2D eigenvalue weighted by Gasteiger charge is -2.28. The molecule has 1 atom stereocenters. The van der Waals surface area contributed by atoms with E-state index in [9.17, 15) is 19.5 Å². The van der Waals surface area contributed by atoms with E-state index in [-0.39, 0.29) is 6.42 Å². The van der Waals surface area contributed by atoms with Gasteiger partial charge in [0, 0.05) is 6.54 Å². The molecule has 0 aliphatic rings. The molecule has 2 rings (SSSR count). The molecule has 0 aliphatic heterocycles. The van der Waals surface area contributed by atoms with Crippen LogP contribution in [0.2, 0.25) is 0 Å². The quantitative estimate of drug-likeness (QED) is 0.180. The Bertz CT molecular complexity index is 931. The molecule has 2 amide bonds.